The van der Waals surface area contributed by atoms with Gasteiger partial charge in [0.25, 0.3) is 0 Å². The molecule has 0 aliphatic carbocycles. The number of rotatable bonds is 1. The Bertz CT molecular complexity index is 410. The number of hydrogen-bond donors (Lipinski definition) is 1. The van der Waals surface area contributed by atoms with Crippen molar-refractivity contribution in [1.82, 2.24) is 4.98 Å². The van der Waals surface area contributed by atoms with Crippen LogP contribution in [-0.4, -0.2) is 9.91 Å². The van der Waals surface area contributed by atoms with Crippen molar-refractivity contribution < 1.29 is 25.6 Å². The Hall–Kier alpha value is -0.780. The van der Waals surface area contributed by atoms with Crippen molar-refractivity contribution in [3.8, 4) is 0 Å². The van der Waals surface area contributed by atoms with Crippen LogP contribution in [0.25, 0.3) is 11.1 Å². The summed E-state index contributed by atoms with van der Waals surface area (Å²) in [4.78, 5) is 6.26. The molecule has 0 saturated heterocycles. The summed E-state index contributed by atoms with van der Waals surface area (Å²) in [6, 6.07) is 6.29. The monoisotopic (exact) mass is 275 g/mol. The fraction of sp³-hybridized carbons (Fsp3) is 0.125. The number of anilines is 1. The first-order valence-electron chi connectivity index (χ1n) is 3.45. The molecule has 1 aromatic heterocycles. The van der Waals surface area contributed by atoms with Crippen LogP contribution in [0.2, 0.25) is 0 Å². The normalized spacial score (nSPS) is 11.1. The van der Waals surface area contributed by atoms with Gasteiger partial charge in [0.1, 0.15) is 0 Å². The Balaban J connectivity index is 2.66. The van der Waals surface area contributed by atoms with Crippen molar-refractivity contribution in [3.05, 3.63) is 21.8 Å². The molecule has 0 spiro atoms. The maximum atomic E-state index is 5.41. The summed E-state index contributed by atoms with van der Waals surface area (Å²) in [5.41, 5.74) is 7.05. The Morgan fingerprint density at radius 3 is 3.08 bits per heavy atom. The van der Waals surface area contributed by atoms with E-state index in [0.29, 0.717) is 0 Å². The fourth-order valence-electron chi connectivity index (χ4n) is 1.04. The first kappa shape index (κ1) is 7.85. The van der Waals surface area contributed by atoms with Crippen molar-refractivity contribution in [2.24, 2.45) is 0 Å². The van der Waals surface area contributed by atoms with E-state index >= 15 is 0 Å². The van der Waals surface area contributed by atoms with Gasteiger partial charge >= 0.3 is 80.2 Å². The van der Waals surface area contributed by atoms with Gasteiger partial charge in [-0.1, -0.05) is 0 Å². The van der Waals surface area contributed by atoms with Gasteiger partial charge in [0.2, 0.25) is 0 Å². The third kappa shape index (κ3) is 1.26. The van der Waals surface area contributed by atoms with Gasteiger partial charge in [-0.3, -0.25) is 0 Å². The molecule has 2 aromatic rings. The molecule has 0 radical (unpaired) electrons. The molecule has 2 N–H and O–H groups in total. The molecule has 1 aromatic carbocycles. The number of fused-ring (bicyclic) bond motifs is 1. The van der Waals surface area contributed by atoms with Gasteiger partial charge in [0.05, 0.1) is 0 Å². The van der Waals surface area contributed by atoms with Gasteiger partial charge in [0, 0.05) is 0 Å². The molecular weight excluding hydrogens is 267 g/mol. The average molecular weight is 275 g/mol. The summed E-state index contributed by atoms with van der Waals surface area (Å²) in [5, 5.41) is 0. The third-order valence-electron chi connectivity index (χ3n) is 1.58. The first-order chi connectivity index (χ1) is 5.79. The van der Waals surface area contributed by atoms with Crippen LogP contribution < -0.4 is 26.9 Å². The fourth-order valence-corrected chi connectivity index (χ4v) is 2.18. The second kappa shape index (κ2) is 2.93. The van der Waals surface area contributed by atoms with Crippen LogP contribution in [0.3, 0.4) is 0 Å². The molecule has 0 aliphatic heterocycles. The van der Waals surface area contributed by atoms with E-state index in [2.05, 4.69) is 16.0 Å². The van der Waals surface area contributed by atoms with E-state index in [1.54, 1.807) is 0 Å². The number of nitrogens with zero attached hydrogens (tertiary/aromatic N) is 1. The maximum absolute atomic E-state index is 5.41. The second-order valence-corrected chi connectivity index (χ2v) is 4.68. The predicted molar refractivity (Wildman–Crippen MR) is 43.0 cm³/mol. The van der Waals surface area contributed by atoms with E-state index in [1.165, 1.54) is 3.57 Å². The van der Waals surface area contributed by atoms with Gasteiger partial charge < -0.3 is 0 Å². The number of halogens is 1. The van der Waals surface area contributed by atoms with Gasteiger partial charge in [-0.25, -0.2) is 0 Å². The molecule has 0 atom stereocenters. The van der Waals surface area contributed by atoms with Crippen molar-refractivity contribution >= 4 is 17.1 Å². The minimum absolute atomic E-state index is 0.121. The van der Waals surface area contributed by atoms with Crippen LogP contribution in [0.5, 0.6) is 0 Å². The molecule has 0 fully saturated rings. The molecule has 12 heavy (non-hydrogen) atoms. The molecule has 0 bridgehead atoms. The van der Waals surface area contributed by atoms with E-state index in [1.807, 2.05) is 12.1 Å². The molecule has 4 heteroatoms. The number of benzene rings is 1. The van der Waals surface area contributed by atoms with Gasteiger partial charge in [-0.2, -0.15) is 0 Å². The number of nitrogen functional groups attached to an aromatic ring is 1. The van der Waals surface area contributed by atoms with Crippen LogP contribution in [0.1, 0.15) is 0 Å². The average Bonchev–Trinajstić information content (AvgIpc) is 2.43. The Labute approximate surface area is 80.2 Å². The standard InChI is InChI=1S/C8H8IN2O/c1-9-5-2-3-7-6(4-5)11-8(10)12-7/h2-4H,1H3,(H2,10,11)/q-1. The van der Waals surface area contributed by atoms with Crippen molar-refractivity contribution in [3.63, 3.8) is 0 Å². The number of aromatic nitrogens is 1. The number of hydrogen-bond acceptors (Lipinski definition) is 3. The number of alkyl halides is 1. The number of oxazole rings is 1. The van der Waals surface area contributed by atoms with E-state index in [9.17, 15) is 0 Å². The molecule has 3 nitrogen and oxygen atoms in total. The van der Waals surface area contributed by atoms with Crippen molar-refractivity contribution in [2.75, 3.05) is 10.7 Å². The Morgan fingerprint density at radius 2 is 2.33 bits per heavy atom. The Kier molecular flexibility index (Phi) is 1.92. The van der Waals surface area contributed by atoms with Gasteiger partial charge in [0.15, 0.2) is 0 Å². The SMILES string of the molecule is C[I-]c1ccc2oc(N)nc2c1. The van der Waals surface area contributed by atoms with Crippen LogP contribution in [0.4, 0.5) is 6.01 Å². The summed E-state index contributed by atoms with van der Waals surface area (Å²) in [5.74, 6) is 0. The van der Waals surface area contributed by atoms with E-state index in [-0.39, 0.29) is 27.2 Å². The second-order valence-electron chi connectivity index (χ2n) is 2.35. The molecule has 1 heterocycles. The summed E-state index contributed by atoms with van der Waals surface area (Å²) >= 11 is 0.121. The van der Waals surface area contributed by atoms with Crippen molar-refractivity contribution in [1.29, 1.82) is 0 Å². The molecule has 2 rings (SSSR count). The first-order valence-corrected chi connectivity index (χ1v) is 6.69. The van der Waals surface area contributed by atoms with Crippen LogP contribution >= 0.6 is 0 Å². The van der Waals surface area contributed by atoms with Gasteiger partial charge in [-0.05, 0) is 0 Å². The molecule has 0 aliphatic rings. The topological polar surface area (TPSA) is 52.0 Å². The van der Waals surface area contributed by atoms with Gasteiger partial charge in [-0.15, -0.1) is 0 Å². The van der Waals surface area contributed by atoms with Crippen molar-refractivity contribution in [2.45, 2.75) is 0 Å². The van der Waals surface area contributed by atoms with Crippen LogP contribution in [-0.2, 0) is 0 Å². The zero-order chi connectivity index (χ0) is 8.55. The molecular formula is C8H8IN2O-. The third-order valence-corrected chi connectivity index (χ3v) is 3.50. The minimum atomic E-state index is 0.121. The zero-order valence-electron chi connectivity index (χ0n) is 6.54. The molecule has 0 saturated carbocycles. The van der Waals surface area contributed by atoms with E-state index in [4.69, 9.17) is 10.2 Å². The molecule has 0 unspecified atom stereocenters. The summed E-state index contributed by atoms with van der Waals surface area (Å²) in [6.07, 6.45) is 0. The molecule has 0 amide bonds. The number of nitrogens with two attached hydrogens (primary N) is 1. The van der Waals surface area contributed by atoms with E-state index in [0.717, 1.165) is 11.1 Å². The quantitative estimate of drug-likeness (QED) is 0.498. The predicted octanol–water partition coefficient (Wildman–Crippen LogP) is -1.70. The summed E-state index contributed by atoms with van der Waals surface area (Å²) in [7, 11) is 0. The Morgan fingerprint density at radius 1 is 1.50 bits per heavy atom. The zero-order valence-corrected chi connectivity index (χ0v) is 8.70. The van der Waals surface area contributed by atoms with Crippen LogP contribution in [0.15, 0.2) is 22.6 Å². The summed E-state index contributed by atoms with van der Waals surface area (Å²) in [6.45, 7) is 0. The van der Waals surface area contributed by atoms with Crippen LogP contribution in [0, 0.1) is 3.57 Å². The summed E-state index contributed by atoms with van der Waals surface area (Å²) < 4.78 is 6.50. The molecule has 64 valence electrons. The van der Waals surface area contributed by atoms with E-state index < -0.39 is 0 Å².